The molecule has 1 atom stereocenters. The molecular formula is C18H27N3O2. The van der Waals surface area contributed by atoms with Crippen LogP contribution in [0.25, 0.3) is 0 Å². The van der Waals surface area contributed by atoms with Crippen molar-refractivity contribution in [3.8, 4) is 0 Å². The first-order valence-electron chi connectivity index (χ1n) is 8.45. The maximum atomic E-state index is 12.8. The average Bonchev–Trinajstić information content (AvgIpc) is 3.06. The van der Waals surface area contributed by atoms with E-state index in [0.29, 0.717) is 5.56 Å². The minimum absolute atomic E-state index is 0.0197. The highest BCUT2D eigenvalue weighted by molar-refractivity contribution is 5.96. The lowest BCUT2D eigenvalue weighted by Crippen LogP contribution is -2.42. The van der Waals surface area contributed by atoms with Crippen LogP contribution in [0.3, 0.4) is 0 Å². The molecule has 1 saturated heterocycles. The highest BCUT2D eigenvalue weighted by Gasteiger charge is 2.26. The van der Waals surface area contributed by atoms with Gasteiger partial charge in [0, 0.05) is 36.3 Å². The fourth-order valence-electron chi connectivity index (χ4n) is 2.74. The summed E-state index contributed by atoms with van der Waals surface area (Å²) in [5, 5.41) is 6.16. The summed E-state index contributed by atoms with van der Waals surface area (Å²) in [5.74, 6) is -0.0118. The van der Waals surface area contributed by atoms with Crippen LogP contribution in [0.15, 0.2) is 24.3 Å². The van der Waals surface area contributed by atoms with Crippen LogP contribution >= 0.6 is 0 Å². The Labute approximate surface area is 138 Å². The summed E-state index contributed by atoms with van der Waals surface area (Å²) in [6.45, 7) is 8.41. The van der Waals surface area contributed by atoms with Gasteiger partial charge in [-0.25, -0.2) is 0 Å². The molecule has 1 aliphatic rings. The number of hydrogen-bond acceptors (Lipinski definition) is 3. The van der Waals surface area contributed by atoms with Gasteiger partial charge in [0.2, 0.25) is 5.91 Å². The third-order valence-corrected chi connectivity index (χ3v) is 4.12. The molecule has 1 unspecified atom stereocenters. The van der Waals surface area contributed by atoms with Crippen LogP contribution in [0.4, 0.5) is 5.69 Å². The Bertz CT molecular complexity index is 534. The van der Waals surface area contributed by atoms with Gasteiger partial charge in [0.05, 0.1) is 0 Å². The number of amides is 2. The quantitative estimate of drug-likeness (QED) is 0.847. The highest BCUT2D eigenvalue weighted by Crippen LogP contribution is 2.17. The summed E-state index contributed by atoms with van der Waals surface area (Å²) in [5.41, 5.74) is 1.40. The minimum atomic E-state index is -0.0637. The van der Waals surface area contributed by atoms with E-state index in [1.54, 1.807) is 24.3 Å². The van der Waals surface area contributed by atoms with Crippen molar-refractivity contribution in [3.05, 3.63) is 29.8 Å². The van der Waals surface area contributed by atoms with Gasteiger partial charge in [-0.1, -0.05) is 20.8 Å². The van der Waals surface area contributed by atoms with E-state index in [-0.39, 0.29) is 23.8 Å². The van der Waals surface area contributed by atoms with Crippen LogP contribution in [-0.4, -0.2) is 42.4 Å². The summed E-state index contributed by atoms with van der Waals surface area (Å²) in [7, 11) is 0. The lowest BCUT2D eigenvalue weighted by Gasteiger charge is -2.28. The van der Waals surface area contributed by atoms with Crippen LogP contribution in [0.5, 0.6) is 0 Å². The summed E-state index contributed by atoms with van der Waals surface area (Å²) < 4.78 is 0. The summed E-state index contributed by atoms with van der Waals surface area (Å²) in [6.07, 6.45) is 1.96. The second kappa shape index (κ2) is 8.11. The molecule has 5 nitrogen and oxygen atoms in total. The molecule has 0 aromatic heterocycles. The molecule has 2 rings (SSSR count). The molecule has 2 amide bonds. The minimum Gasteiger partial charge on any atom is -0.334 e. The first kappa shape index (κ1) is 17.5. The van der Waals surface area contributed by atoms with Gasteiger partial charge in [0.15, 0.2) is 0 Å². The van der Waals surface area contributed by atoms with Gasteiger partial charge in [-0.3, -0.25) is 9.59 Å². The molecule has 1 heterocycles. The molecule has 0 radical (unpaired) electrons. The van der Waals surface area contributed by atoms with E-state index in [2.05, 4.69) is 17.6 Å². The number of rotatable bonds is 6. The summed E-state index contributed by atoms with van der Waals surface area (Å²) in [6, 6.07) is 7.46. The van der Waals surface area contributed by atoms with Crippen molar-refractivity contribution < 1.29 is 9.59 Å². The normalized spacial score (nSPS) is 17.3. The fourth-order valence-corrected chi connectivity index (χ4v) is 2.74. The Morgan fingerprint density at radius 3 is 2.52 bits per heavy atom. The number of nitrogens with one attached hydrogen (secondary N) is 2. The van der Waals surface area contributed by atoms with E-state index in [9.17, 15) is 9.59 Å². The molecule has 0 saturated carbocycles. The number of hydrogen-bond donors (Lipinski definition) is 2. The van der Waals surface area contributed by atoms with Crippen molar-refractivity contribution in [1.29, 1.82) is 0 Å². The number of nitrogens with zero attached hydrogens (tertiary/aromatic N) is 1. The molecule has 1 aromatic rings. The molecular weight excluding hydrogens is 290 g/mol. The van der Waals surface area contributed by atoms with Crippen molar-refractivity contribution >= 4 is 17.5 Å². The second-order valence-corrected chi connectivity index (χ2v) is 6.37. The SMILES string of the molecule is CCCN(C(=O)c1ccc(NC(=O)C(C)C)cc1)C1CCNC1. The number of benzene rings is 1. The van der Waals surface area contributed by atoms with E-state index in [1.807, 2.05) is 18.7 Å². The van der Waals surface area contributed by atoms with E-state index in [4.69, 9.17) is 0 Å². The molecule has 0 bridgehead atoms. The van der Waals surface area contributed by atoms with Gasteiger partial charge in [-0.15, -0.1) is 0 Å². The van der Waals surface area contributed by atoms with E-state index < -0.39 is 0 Å². The molecule has 126 valence electrons. The van der Waals surface area contributed by atoms with E-state index in [1.165, 1.54) is 0 Å². The zero-order valence-electron chi connectivity index (χ0n) is 14.3. The third-order valence-electron chi connectivity index (χ3n) is 4.12. The van der Waals surface area contributed by atoms with Crippen molar-refractivity contribution in [2.45, 2.75) is 39.7 Å². The summed E-state index contributed by atoms with van der Waals surface area (Å²) in [4.78, 5) is 26.5. The van der Waals surface area contributed by atoms with Crippen molar-refractivity contribution in [1.82, 2.24) is 10.2 Å². The molecule has 0 aliphatic carbocycles. The van der Waals surface area contributed by atoms with Crippen LogP contribution < -0.4 is 10.6 Å². The van der Waals surface area contributed by atoms with Gasteiger partial charge < -0.3 is 15.5 Å². The molecule has 2 N–H and O–H groups in total. The number of anilines is 1. The molecule has 1 fully saturated rings. The number of carbonyl (C=O) groups excluding carboxylic acids is 2. The third kappa shape index (κ3) is 4.55. The van der Waals surface area contributed by atoms with Crippen molar-refractivity contribution in [3.63, 3.8) is 0 Å². The van der Waals surface area contributed by atoms with Gasteiger partial charge in [0.1, 0.15) is 0 Å². The van der Waals surface area contributed by atoms with Gasteiger partial charge in [0.25, 0.3) is 5.91 Å². The maximum Gasteiger partial charge on any atom is 0.254 e. The van der Waals surface area contributed by atoms with Crippen LogP contribution in [-0.2, 0) is 4.79 Å². The zero-order valence-corrected chi connectivity index (χ0v) is 14.3. The van der Waals surface area contributed by atoms with Gasteiger partial charge in [-0.05, 0) is 43.7 Å². The van der Waals surface area contributed by atoms with Crippen molar-refractivity contribution in [2.75, 3.05) is 25.0 Å². The molecule has 1 aromatic carbocycles. The highest BCUT2D eigenvalue weighted by atomic mass is 16.2. The lowest BCUT2D eigenvalue weighted by atomic mass is 10.1. The number of carbonyl (C=O) groups is 2. The lowest BCUT2D eigenvalue weighted by molar-refractivity contribution is -0.118. The predicted octanol–water partition coefficient (Wildman–Crippen LogP) is 2.50. The molecule has 5 heteroatoms. The Balaban J connectivity index is 2.07. The Morgan fingerprint density at radius 1 is 1.30 bits per heavy atom. The first-order valence-corrected chi connectivity index (χ1v) is 8.45. The van der Waals surface area contributed by atoms with Gasteiger partial charge >= 0.3 is 0 Å². The molecule has 1 aliphatic heterocycles. The smallest absolute Gasteiger partial charge is 0.254 e. The van der Waals surface area contributed by atoms with E-state index in [0.717, 1.165) is 38.2 Å². The largest absolute Gasteiger partial charge is 0.334 e. The second-order valence-electron chi connectivity index (χ2n) is 6.37. The van der Waals surface area contributed by atoms with Crippen LogP contribution in [0.1, 0.15) is 44.0 Å². The standard InChI is InChI=1S/C18H27N3O2/c1-4-11-21(16-9-10-19-12-16)18(23)14-5-7-15(8-6-14)20-17(22)13(2)3/h5-8,13,16,19H,4,9-12H2,1-3H3,(H,20,22). The first-order chi connectivity index (χ1) is 11.0. The molecule has 0 spiro atoms. The van der Waals surface area contributed by atoms with Crippen LogP contribution in [0, 0.1) is 5.92 Å². The molecule has 23 heavy (non-hydrogen) atoms. The van der Waals surface area contributed by atoms with Crippen molar-refractivity contribution in [2.24, 2.45) is 5.92 Å². The average molecular weight is 317 g/mol. The van der Waals surface area contributed by atoms with E-state index >= 15 is 0 Å². The maximum absolute atomic E-state index is 12.8. The fraction of sp³-hybridized carbons (Fsp3) is 0.556. The monoisotopic (exact) mass is 317 g/mol. The van der Waals surface area contributed by atoms with Gasteiger partial charge in [-0.2, -0.15) is 0 Å². The Morgan fingerprint density at radius 2 is 2.00 bits per heavy atom. The van der Waals surface area contributed by atoms with Crippen LogP contribution in [0.2, 0.25) is 0 Å². The predicted molar refractivity (Wildman–Crippen MR) is 92.5 cm³/mol. The summed E-state index contributed by atoms with van der Waals surface area (Å²) >= 11 is 0. The Hall–Kier alpha value is -1.88. The Kier molecular flexibility index (Phi) is 6.16. The topological polar surface area (TPSA) is 61.4 Å². The zero-order chi connectivity index (χ0) is 16.8.